The van der Waals surface area contributed by atoms with Crippen LogP contribution < -0.4 is 0 Å². The van der Waals surface area contributed by atoms with Crippen molar-refractivity contribution in [3.63, 3.8) is 0 Å². The molecule has 0 saturated carbocycles. The third kappa shape index (κ3) is 6.00. The van der Waals surface area contributed by atoms with Gasteiger partial charge in [0.2, 0.25) is 5.95 Å². The number of rotatable bonds is 6. The molecule has 0 aliphatic heterocycles. The van der Waals surface area contributed by atoms with Gasteiger partial charge in [0, 0.05) is 54.8 Å². The van der Waals surface area contributed by atoms with Gasteiger partial charge in [0.15, 0.2) is 0 Å². The van der Waals surface area contributed by atoms with E-state index in [1.54, 1.807) is 0 Å². The summed E-state index contributed by atoms with van der Waals surface area (Å²) in [5, 5.41) is 11.9. The number of benzene rings is 11. The second-order valence-corrected chi connectivity index (χ2v) is 18.5. The third-order valence-corrected chi connectivity index (χ3v) is 14.6. The lowest BCUT2D eigenvalue weighted by Gasteiger charge is -2.14. The largest absolute Gasteiger partial charge is 0.309 e. The summed E-state index contributed by atoms with van der Waals surface area (Å²) >= 11 is 0. The van der Waals surface area contributed by atoms with Crippen molar-refractivity contribution >= 4 is 87.0 Å². The molecular formula is C66H41N5. The molecule has 4 heterocycles. The fraction of sp³-hybridized carbons (Fsp3) is 0. The number of hydrogen-bond acceptors (Lipinski definition) is 2. The van der Waals surface area contributed by atoms with E-state index in [-0.39, 0.29) is 0 Å². The van der Waals surface area contributed by atoms with Crippen molar-refractivity contribution in [3.05, 3.63) is 249 Å². The molecule has 11 aromatic carbocycles. The van der Waals surface area contributed by atoms with Crippen LogP contribution in [0.4, 0.5) is 0 Å². The van der Waals surface area contributed by atoms with Gasteiger partial charge in [-0.15, -0.1) is 0 Å². The van der Waals surface area contributed by atoms with Crippen molar-refractivity contribution in [2.24, 2.45) is 0 Å². The number of aromatic nitrogens is 5. The van der Waals surface area contributed by atoms with Gasteiger partial charge in [-0.25, -0.2) is 9.97 Å². The van der Waals surface area contributed by atoms with Crippen LogP contribution in [0.3, 0.4) is 0 Å². The molecule has 0 aliphatic carbocycles. The molecule has 5 heteroatoms. The molecule has 0 N–H and O–H groups in total. The van der Waals surface area contributed by atoms with Gasteiger partial charge in [-0.1, -0.05) is 182 Å². The first-order chi connectivity index (χ1) is 35.2. The van der Waals surface area contributed by atoms with Crippen molar-refractivity contribution < 1.29 is 0 Å². The molecule has 0 saturated heterocycles. The summed E-state index contributed by atoms with van der Waals surface area (Å²) in [6.45, 7) is 0. The van der Waals surface area contributed by atoms with Crippen LogP contribution in [0, 0.1) is 0 Å². The van der Waals surface area contributed by atoms with Crippen molar-refractivity contribution in [2.75, 3.05) is 0 Å². The topological polar surface area (TPSA) is 40.6 Å². The van der Waals surface area contributed by atoms with E-state index >= 15 is 0 Å². The molecule has 0 bridgehead atoms. The Hall–Kier alpha value is -9.58. The maximum atomic E-state index is 5.50. The Kier molecular flexibility index (Phi) is 8.59. The summed E-state index contributed by atoms with van der Waals surface area (Å²) in [6.07, 6.45) is 0. The van der Waals surface area contributed by atoms with Crippen molar-refractivity contribution in [1.29, 1.82) is 0 Å². The van der Waals surface area contributed by atoms with Gasteiger partial charge in [0.05, 0.1) is 44.5 Å². The lowest BCUT2D eigenvalue weighted by atomic mass is 9.99. The fourth-order valence-electron chi connectivity index (χ4n) is 11.6. The van der Waals surface area contributed by atoms with Crippen molar-refractivity contribution in [3.8, 4) is 51.0 Å². The van der Waals surface area contributed by atoms with Gasteiger partial charge in [-0.2, -0.15) is 0 Å². The summed E-state index contributed by atoms with van der Waals surface area (Å²) < 4.78 is 7.15. The molecular weight excluding hydrogens is 863 g/mol. The number of nitrogens with zero attached hydrogens (tertiary/aromatic N) is 5. The summed E-state index contributed by atoms with van der Waals surface area (Å²) in [5.41, 5.74) is 15.3. The second-order valence-electron chi connectivity index (χ2n) is 18.5. The average Bonchev–Trinajstić information content (AvgIpc) is 4.09. The highest BCUT2D eigenvalue weighted by molar-refractivity contribution is 6.29. The van der Waals surface area contributed by atoms with E-state index in [1.807, 2.05) is 0 Å². The number of fused-ring (bicyclic) bond motifs is 12. The Morgan fingerprint density at radius 2 is 0.690 bits per heavy atom. The molecule has 0 unspecified atom stereocenters. The van der Waals surface area contributed by atoms with Crippen LogP contribution in [0.15, 0.2) is 249 Å². The fourth-order valence-corrected chi connectivity index (χ4v) is 11.6. The van der Waals surface area contributed by atoms with Crippen LogP contribution in [0.2, 0.25) is 0 Å². The molecule has 0 spiro atoms. The van der Waals surface area contributed by atoms with E-state index in [0.717, 1.165) is 77.5 Å². The van der Waals surface area contributed by atoms with E-state index in [2.05, 4.69) is 262 Å². The monoisotopic (exact) mass is 903 g/mol. The molecule has 5 nitrogen and oxygen atoms in total. The van der Waals surface area contributed by atoms with Crippen LogP contribution in [0.5, 0.6) is 0 Å². The van der Waals surface area contributed by atoms with Crippen LogP contribution in [0.1, 0.15) is 0 Å². The van der Waals surface area contributed by atoms with Crippen LogP contribution in [-0.2, 0) is 0 Å². The Morgan fingerprint density at radius 3 is 1.30 bits per heavy atom. The first-order valence-electron chi connectivity index (χ1n) is 24.2. The summed E-state index contributed by atoms with van der Waals surface area (Å²) in [7, 11) is 0. The van der Waals surface area contributed by atoms with Gasteiger partial charge in [0.1, 0.15) is 0 Å². The minimum Gasteiger partial charge on any atom is -0.309 e. The third-order valence-electron chi connectivity index (χ3n) is 14.6. The molecule has 0 aliphatic rings. The number of hydrogen-bond donors (Lipinski definition) is 0. The summed E-state index contributed by atoms with van der Waals surface area (Å²) in [5.74, 6) is 0.627. The van der Waals surface area contributed by atoms with Crippen molar-refractivity contribution in [1.82, 2.24) is 23.7 Å². The van der Waals surface area contributed by atoms with Gasteiger partial charge in [0.25, 0.3) is 0 Å². The highest BCUT2D eigenvalue weighted by Crippen LogP contribution is 2.44. The zero-order valence-electron chi connectivity index (χ0n) is 38.4. The first-order valence-corrected chi connectivity index (χ1v) is 24.2. The van der Waals surface area contributed by atoms with Crippen LogP contribution >= 0.6 is 0 Å². The van der Waals surface area contributed by atoms with E-state index in [4.69, 9.17) is 9.97 Å². The van der Waals surface area contributed by atoms with Crippen LogP contribution in [-0.4, -0.2) is 23.7 Å². The average molecular weight is 904 g/mol. The predicted molar refractivity (Wildman–Crippen MR) is 296 cm³/mol. The molecule has 0 fully saturated rings. The minimum atomic E-state index is 0.627. The highest BCUT2D eigenvalue weighted by Gasteiger charge is 2.23. The molecule has 0 radical (unpaired) electrons. The van der Waals surface area contributed by atoms with E-state index in [1.165, 1.54) is 54.5 Å². The van der Waals surface area contributed by atoms with Gasteiger partial charge in [-0.3, -0.25) is 4.57 Å². The summed E-state index contributed by atoms with van der Waals surface area (Å²) in [4.78, 5) is 11.0. The lowest BCUT2D eigenvalue weighted by molar-refractivity contribution is 0.996. The Balaban J connectivity index is 0.960. The van der Waals surface area contributed by atoms with Gasteiger partial charge in [-0.05, 0) is 99.4 Å². The van der Waals surface area contributed by atoms with Gasteiger partial charge < -0.3 is 9.13 Å². The quantitative estimate of drug-likeness (QED) is 0.167. The molecule has 4 aromatic heterocycles. The van der Waals surface area contributed by atoms with E-state index in [0.29, 0.717) is 5.95 Å². The second kappa shape index (κ2) is 15.5. The highest BCUT2D eigenvalue weighted by atomic mass is 15.2. The smallest absolute Gasteiger partial charge is 0.235 e. The lowest BCUT2D eigenvalue weighted by Crippen LogP contribution is -2.04. The van der Waals surface area contributed by atoms with E-state index in [9.17, 15) is 0 Å². The van der Waals surface area contributed by atoms with Gasteiger partial charge >= 0.3 is 0 Å². The molecule has 330 valence electrons. The van der Waals surface area contributed by atoms with Crippen molar-refractivity contribution in [2.45, 2.75) is 0 Å². The molecule has 71 heavy (non-hydrogen) atoms. The summed E-state index contributed by atoms with van der Waals surface area (Å²) in [6, 6.07) is 89.7. The molecule has 15 rings (SSSR count). The van der Waals surface area contributed by atoms with E-state index < -0.39 is 0 Å². The zero-order chi connectivity index (χ0) is 46.6. The standard InChI is InChI=1S/C66H41N5/c1-2-17-42(18-3-1)45-23-14-24-46(39-45)69-59-33-12-9-28-53(59)64-62(69)37-38-63-65(64)54-29-10-13-34-60(54)70(63)47-35-36-61-55(40-47)52-27-8-11-32-58(52)71(61)66-67-56(50-30-15-21-43-19-4-6-25-48(43)50)41-57(68-66)51-31-16-22-44-20-5-7-26-49(44)51/h1-41H. The molecule has 0 atom stereocenters. The Bertz CT molecular complexity index is 4540. The minimum absolute atomic E-state index is 0.627. The Morgan fingerprint density at radius 1 is 0.254 bits per heavy atom. The van der Waals surface area contributed by atoms with Crippen LogP contribution in [0.25, 0.3) is 138 Å². The normalized spacial score (nSPS) is 11.9. The maximum absolute atomic E-state index is 5.50. The SMILES string of the molecule is c1ccc(-c2cccc(-n3c4ccccc4c4c5c6ccccc6n(-c6ccc7c(c6)c6ccccc6n7-c6nc(-c7cccc8ccccc78)cc(-c7cccc8ccccc78)n6)c5ccc43)c2)cc1. The molecule has 15 aromatic rings. The zero-order valence-corrected chi connectivity index (χ0v) is 38.4. The Labute approximate surface area is 408 Å². The molecule has 0 amide bonds. The predicted octanol–water partition coefficient (Wildman–Crippen LogP) is 17.1. The number of para-hydroxylation sites is 3. The first kappa shape index (κ1) is 39.4. The maximum Gasteiger partial charge on any atom is 0.235 e.